The molecule has 0 aliphatic carbocycles. The number of benzene rings is 1. The normalized spacial score (nSPS) is 11.4. The molecule has 2 N–H and O–H groups in total. The topological polar surface area (TPSA) is 26.0 Å². The van der Waals surface area contributed by atoms with Crippen molar-refractivity contribution >= 4 is 6.08 Å². The maximum absolute atomic E-state index is 6.51. The molecule has 0 spiro atoms. The maximum atomic E-state index is 6.51. The van der Waals surface area contributed by atoms with Crippen molar-refractivity contribution in [2.24, 2.45) is 5.73 Å². The van der Waals surface area contributed by atoms with Gasteiger partial charge in [0.15, 0.2) is 0 Å². The average molecular weight is 217 g/mol. The van der Waals surface area contributed by atoms with E-state index in [4.69, 9.17) is 5.73 Å². The molecule has 1 aromatic rings. The van der Waals surface area contributed by atoms with E-state index in [0.717, 1.165) is 31.2 Å². The second-order valence-electron chi connectivity index (χ2n) is 4.48. The summed E-state index contributed by atoms with van der Waals surface area (Å²) in [6.45, 7) is 8.14. The van der Waals surface area contributed by atoms with Crippen molar-refractivity contribution < 1.29 is 0 Å². The van der Waals surface area contributed by atoms with Crippen molar-refractivity contribution in [3.8, 4) is 0 Å². The molecular weight excluding hydrogens is 194 g/mol. The molecule has 1 rings (SSSR count). The van der Waals surface area contributed by atoms with Gasteiger partial charge in [-0.15, -0.1) is 0 Å². The lowest BCUT2D eigenvalue weighted by atomic mass is 9.82. The van der Waals surface area contributed by atoms with Crippen molar-refractivity contribution in [3.05, 3.63) is 42.0 Å². The predicted molar refractivity (Wildman–Crippen MR) is 72.2 cm³/mol. The van der Waals surface area contributed by atoms with Crippen LogP contribution in [0.25, 0.3) is 6.08 Å². The minimum Gasteiger partial charge on any atom is -0.321 e. The van der Waals surface area contributed by atoms with Gasteiger partial charge in [-0.3, -0.25) is 0 Å². The van der Waals surface area contributed by atoms with Crippen LogP contribution >= 0.6 is 0 Å². The second kappa shape index (κ2) is 5.86. The Kier molecular flexibility index (Phi) is 4.75. The highest BCUT2D eigenvalue weighted by Crippen LogP contribution is 2.29. The zero-order chi connectivity index (χ0) is 12.0. The van der Waals surface area contributed by atoms with E-state index in [0.29, 0.717) is 0 Å². The summed E-state index contributed by atoms with van der Waals surface area (Å²) in [5.41, 5.74) is 8.76. The van der Waals surface area contributed by atoms with Crippen molar-refractivity contribution in [2.75, 3.05) is 0 Å². The summed E-state index contributed by atoms with van der Waals surface area (Å²) in [5, 5.41) is 0. The maximum Gasteiger partial charge on any atom is 0.0409 e. The molecule has 0 aliphatic rings. The van der Waals surface area contributed by atoms with Gasteiger partial charge in [0.25, 0.3) is 0 Å². The van der Waals surface area contributed by atoms with Crippen LogP contribution in [0.5, 0.6) is 0 Å². The molecule has 0 unspecified atom stereocenters. The van der Waals surface area contributed by atoms with Crippen LogP contribution in [-0.2, 0) is 5.54 Å². The minimum atomic E-state index is -0.150. The Hall–Kier alpha value is -1.08. The predicted octanol–water partition coefficient (Wildman–Crippen LogP) is 4.08. The first-order valence-electron chi connectivity index (χ1n) is 6.18. The summed E-state index contributed by atoms with van der Waals surface area (Å²) in [4.78, 5) is 0. The van der Waals surface area contributed by atoms with Gasteiger partial charge >= 0.3 is 0 Å². The Morgan fingerprint density at radius 1 is 1.12 bits per heavy atom. The Balaban J connectivity index is 2.95. The Morgan fingerprint density at radius 3 is 2.00 bits per heavy atom. The molecule has 0 atom stereocenters. The Bertz CT molecular complexity index is 318. The van der Waals surface area contributed by atoms with Crippen LogP contribution in [0.3, 0.4) is 0 Å². The number of hydrogen-bond acceptors (Lipinski definition) is 1. The van der Waals surface area contributed by atoms with E-state index in [1.165, 1.54) is 5.56 Å². The van der Waals surface area contributed by atoms with E-state index in [1.807, 2.05) is 6.08 Å². The standard InChI is InChI=1S/C15H23N/c1-4-11-15(16,12-5-2)14-9-7-13(6-3)8-10-14/h6-10H,3-5,11-12,16H2,1-2H3. The molecular formula is C15H23N. The zero-order valence-electron chi connectivity index (χ0n) is 10.5. The highest BCUT2D eigenvalue weighted by molar-refractivity contribution is 5.47. The third-order valence-electron chi connectivity index (χ3n) is 3.11. The molecule has 0 saturated heterocycles. The molecule has 0 fully saturated rings. The second-order valence-corrected chi connectivity index (χ2v) is 4.48. The van der Waals surface area contributed by atoms with E-state index in [2.05, 4.69) is 44.7 Å². The summed E-state index contributed by atoms with van der Waals surface area (Å²) >= 11 is 0. The first kappa shape index (κ1) is 13.0. The molecule has 0 amide bonds. The van der Waals surface area contributed by atoms with Crippen molar-refractivity contribution in [1.29, 1.82) is 0 Å². The third kappa shape index (κ3) is 2.96. The van der Waals surface area contributed by atoms with Crippen LogP contribution in [0.15, 0.2) is 30.8 Å². The molecule has 0 aromatic heterocycles. The van der Waals surface area contributed by atoms with Gasteiger partial charge in [0, 0.05) is 5.54 Å². The van der Waals surface area contributed by atoms with E-state index in [1.54, 1.807) is 0 Å². The Labute approximate surface area is 99.4 Å². The average Bonchev–Trinajstić information content (AvgIpc) is 2.30. The lowest BCUT2D eigenvalue weighted by Gasteiger charge is -2.29. The van der Waals surface area contributed by atoms with Crippen molar-refractivity contribution in [3.63, 3.8) is 0 Å². The van der Waals surface area contributed by atoms with Crippen LogP contribution < -0.4 is 5.73 Å². The molecule has 0 saturated carbocycles. The summed E-state index contributed by atoms with van der Waals surface area (Å²) in [7, 11) is 0. The van der Waals surface area contributed by atoms with Crippen LogP contribution in [0.1, 0.15) is 50.7 Å². The molecule has 1 aromatic carbocycles. The molecule has 0 bridgehead atoms. The highest BCUT2D eigenvalue weighted by atomic mass is 14.7. The first-order chi connectivity index (χ1) is 7.66. The third-order valence-corrected chi connectivity index (χ3v) is 3.11. The number of rotatable bonds is 6. The van der Waals surface area contributed by atoms with Gasteiger partial charge in [0.05, 0.1) is 0 Å². The molecule has 0 radical (unpaired) electrons. The largest absolute Gasteiger partial charge is 0.321 e. The van der Waals surface area contributed by atoms with E-state index in [9.17, 15) is 0 Å². The zero-order valence-corrected chi connectivity index (χ0v) is 10.5. The fraction of sp³-hybridized carbons (Fsp3) is 0.467. The lowest BCUT2D eigenvalue weighted by Crippen LogP contribution is -2.36. The van der Waals surface area contributed by atoms with E-state index < -0.39 is 0 Å². The van der Waals surface area contributed by atoms with Crippen molar-refractivity contribution in [1.82, 2.24) is 0 Å². The number of hydrogen-bond donors (Lipinski definition) is 1. The molecule has 16 heavy (non-hydrogen) atoms. The Morgan fingerprint density at radius 2 is 1.62 bits per heavy atom. The van der Waals surface area contributed by atoms with Crippen LogP contribution in [-0.4, -0.2) is 0 Å². The van der Waals surface area contributed by atoms with E-state index in [-0.39, 0.29) is 5.54 Å². The SMILES string of the molecule is C=Cc1ccc(C(N)(CCC)CCC)cc1. The van der Waals surface area contributed by atoms with Crippen LogP contribution in [0.4, 0.5) is 0 Å². The molecule has 0 heterocycles. The summed E-state index contributed by atoms with van der Waals surface area (Å²) < 4.78 is 0. The molecule has 1 nitrogen and oxygen atoms in total. The van der Waals surface area contributed by atoms with Gasteiger partial charge in [-0.2, -0.15) is 0 Å². The van der Waals surface area contributed by atoms with Crippen LogP contribution in [0, 0.1) is 0 Å². The molecule has 0 aliphatic heterocycles. The van der Waals surface area contributed by atoms with Gasteiger partial charge in [0.1, 0.15) is 0 Å². The summed E-state index contributed by atoms with van der Waals surface area (Å²) in [6.07, 6.45) is 6.21. The van der Waals surface area contributed by atoms with Gasteiger partial charge in [-0.25, -0.2) is 0 Å². The van der Waals surface area contributed by atoms with E-state index >= 15 is 0 Å². The van der Waals surface area contributed by atoms with Gasteiger partial charge in [-0.05, 0) is 24.0 Å². The van der Waals surface area contributed by atoms with Gasteiger partial charge < -0.3 is 5.73 Å². The quantitative estimate of drug-likeness (QED) is 0.763. The highest BCUT2D eigenvalue weighted by Gasteiger charge is 2.24. The van der Waals surface area contributed by atoms with Crippen molar-refractivity contribution in [2.45, 2.75) is 45.1 Å². The smallest absolute Gasteiger partial charge is 0.0409 e. The van der Waals surface area contributed by atoms with Crippen LogP contribution in [0.2, 0.25) is 0 Å². The van der Waals surface area contributed by atoms with Gasteiger partial charge in [0.2, 0.25) is 0 Å². The first-order valence-corrected chi connectivity index (χ1v) is 6.18. The lowest BCUT2D eigenvalue weighted by molar-refractivity contribution is 0.369. The number of nitrogens with two attached hydrogens (primary N) is 1. The molecule has 88 valence electrons. The van der Waals surface area contributed by atoms with Gasteiger partial charge in [-0.1, -0.05) is 63.6 Å². The summed E-state index contributed by atoms with van der Waals surface area (Å²) in [6, 6.07) is 8.47. The fourth-order valence-corrected chi connectivity index (χ4v) is 2.26. The minimum absolute atomic E-state index is 0.150. The molecule has 1 heteroatoms. The fourth-order valence-electron chi connectivity index (χ4n) is 2.26. The monoisotopic (exact) mass is 217 g/mol. The summed E-state index contributed by atoms with van der Waals surface area (Å²) in [5.74, 6) is 0.